The Balaban J connectivity index is 2.18. The highest BCUT2D eigenvalue weighted by atomic mass is 32.1. The molecule has 1 aromatic carbocycles. The maximum Gasteiger partial charge on any atom is 0.270 e. The minimum atomic E-state index is -1.29. The van der Waals surface area contributed by atoms with Crippen molar-refractivity contribution in [3.05, 3.63) is 40.9 Å². The highest BCUT2D eigenvalue weighted by molar-refractivity contribution is 7.14. The lowest BCUT2D eigenvalue weighted by atomic mass is 10.0. The Labute approximate surface area is 131 Å². The predicted octanol–water partition coefficient (Wildman–Crippen LogP) is 3.92. The molecule has 0 aliphatic rings. The van der Waals surface area contributed by atoms with Crippen molar-refractivity contribution in [2.75, 3.05) is 5.32 Å². The van der Waals surface area contributed by atoms with Gasteiger partial charge in [-0.05, 0) is 38.0 Å². The lowest BCUT2D eigenvalue weighted by Gasteiger charge is -2.28. The van der Waals surface area contributed by atoms with E-state index in [1.807, 2.05) is 0 Å². The first-order chi connectivity index (χ1) is 10.3. The number of nitrogens with one attached hydrogen (secondary N) is 1. The van der Waals surface area contributed by atoms with Gasteiger partial charge in [-0.25, -0.2) is 9.37 Å². The number of ether oxygens (including phenoxy) is 1. The number of carbonyl (C=O) groups is 1. The number of halogens is 2. The van der Waals surface area contributed by atoms with Crippen LogP contribution in [0, 0.1) is 17.9 Å². The fraction of sp³-hybridized carbons (Fsp3) is 0.333. The molecular weight excluding hydrogens is 310 g/mol. The number of hydrogen-bond acceptors (Lipinski definition) is 4. The van der Waals surface area contributed by atoms with Gasteiger partial charge in [0.15, 0.2) is 27.4 Å². The molecule has 118 valence electrons. The van der Waals surface area contributed by atoms with Gasteiger partial charge in [0.05, 0.1) is 6.20 Å². The first kappa shape index (κ1) is 16.4. The van der Waals surface area contributed by atoms with Crippen molar-refractivity contribution >= 4 is 22.4 Å². The summed E-state index contributed by atoms with van der Waals surface area (Å²) >= 11 is 0.715. The molecule has 0 bridgehead atoms. The zero-order valence-electron chi connectivity index (χ0n) is 12.4. The topological polar surface area (TPSA) is 51.2 Å². The second-order valence-electron chi connectivity index (χ2n) is 5.04. The molecule has 0 fully saturated rings. The number of anilines is 1. The maximum absolute atomic E-state index is 13.9. The summed E-state index contributed by atoms with van der Waals surface area (Å²) in [6.45, 7) is 5.05. The van der Waals surface area contributed by atoms with Crippen molar-refractivity contribution in [3.63, 3.8) is 0 Å². The van der Waals surface area contributed by atoms with Gasteiger partial charge in [0.2, 0.25) is 0 Å². The van der Waals surface area contributed by atoms with E-state index in [4.69, 9.17) is 4.74 Å². The monoisotopic (exact) mass is 326 g/mol. The Hall–Kier alpha value is -2.02. The molecule has 2 aromatic rings. The van der Waals surface area contributed by atoms with E-state index in [9.17, 15) is 13.6 Å². The van der Waals surface area contributed by atoms with Crippen LogP contribution in [0.15, 0.2) is 24.4 Å². The van der Waals surface area contributed by atoms with Crippen LogP contribution in [0.4, 0.5) is 13.9 Å². The van der Waals surface area contributed by atoms with Crippen LogP contribution >= 0.6 is 11.3 Å². The van der Waals surface area contributed by atoms with E-state index in [-0.39, 0.29) is 10.9 Å². The fourth-order valence-electron chi connectivity index (χ4n) is 1.75. The molecule has 7 heteroatoms. The Morgan fingerprint density at radius 3 is 2.73 bits per heavy atom. The van der Waals surface area contributed by atoms with Crippen LogP contribution in [-0.2, 0) is 4.79 Å². The molecule has 0 spiro atoms. The standard InChI is InChI=1S/C15H16F2N2O2S/c1-4-15(3,13(20)19-14-18-8-12(17)22-14)21-11-6-5-9(2)7-10(11)16/h5-8H,4H2,1-3H3,(H,18,19,20). The number of aryl methyl sites for hydroxylation is 1. The van der Waals surface area contributed by atoms with Crippen molar-refractivity contribution < 1.29 is 18.3 Å². The quantitative estimate of drug-likeness (QED) is 0.906. The Bertz CT molecular complexity index is 690. The van der Waals surface area contributed by atoms with Crippen LogP contribution in [0.3, 0.4) is 0 Å². The van der Waals surface area contributed by atoms with Gasteiger partial charge in [-0.2, -0.15) is 4.39 Å². The Morgan fingerprint density at radius 2 is 2.18 bits per heavy atom. The minimum absolute atomic E-state index is 0.00424. The van der Waals surface area contributed by atoms with Gasteiger partial charge in [0.1, 0.15) is 0 Å². The van der Waals surface area contributed by atoms with Crippen LogP contribution in [0.1, 0.15) is 25.8 Å². The SMILES string of the molecule is CCC(C)(Oc1ccc(C)cc1F)C(=O)Nc1ncc(F)s1. The van der Waals surface area contributed by atoms with Crippen LogP contribution < -0.4 is 10.1 Å². The summed E-state index contributed by atoms with van der Waals surface area (Å²) in [6, 6.07) is 4.51. The molecular formula is C15H16F2N2O2S. The summed E-state index contributed by atoms with van der Waals surface area (Å²) in [4.78, 5) is 16.1. The van der Waals surface area contributed by atoms with Gasteiger partial charge in [-0.3, -0.25) is 10.1 Å². The molecule has 1 N–H and O–H groups in total. The van der Waals surface area contributed by atoms with Crippen LogP contribution in [-0.4, -0.2) is 16.5 Å². The average molecular weight is 326 g/mol. The Kier molecular flexibility index (Phi) is 4.75. The van der Waals surface area contributed by atoms with Crippen molar-refractivity contribution in [3.8, 4) is 5.75 Å². The first-order valence-corrected chi connectivity index (χ1v) is 7.53. The Morgan fingerprint density at radius 1 is 1.45 bits per heavy atom. The van der Waals surface area contributed by atoms with E-state index in [1.54, 1.807) is 26.8 Å². The second kappa shape index (κ2) is 6.39. The third-order valence-electron chi connectivity index (χ3n) is 3.28. The lowest BCUT2D eigenvalue weighted by molar-refractivity contribution is -0.130. The van der Waals surface area contributed by atoms with Gasteiger partial charge in [-0.15, -0.1) is 0 Å². The molecule has 0 saturated heterocycles. The van der Waals surface area contributed by atoms with Crippen molar-refractivity contribution in [2.45, 2.75) is 32.8 Å². The van der Waals surface area contributed by atoms with Gasteiger partial charge in [0, 0.05) is 0 Å². The van der Waals surface area contributed by atoms with E-state index in [0.717, 1.165) is 11.8 Å². The summed E-state index contributed by atoms with van der Waals surface area (Å²) in [5, 5.41) is 2.12. The number of rotatable bonds is 5. The summed E-state index contributed by atoms with van der Waals surface area (Å²) in [5.74, 6) is -1.05. The molecule has 1 amide bonds. The molecule has 0 aliphatic heterocycles. The zero-order valence-corrected chi connectivity index (χ0v) is 13.3. The van der Waals surface area contributed by atoms with Gasteiger partial charge < -0.3 is 4.74 Å². The number of amides is 1. The number of thiazole rings is 1. The summed E-state index contributed by atoms with van der Waals surface area (Å²) in [6.07, 6.45) is 1.32. The predicted molar refractivity (Wildman–Crippen MR) is 81.2 cm³/mol. The first-order valence-electron chi connectivity index (χ1n) is 6.72. The molecule has 4 nitrogen and oxygen atoms in total. The molecule has 22 heavy (non-hydrogen) atoms. The number of aromatic nitrogens is 1. The number of carbonyl (C=O) groups excluding carboxylic acids is 1. The van der Waals surface area contributed by atoms with Crippen molar-refractivity contribution in [2.24, 2.45) is 0 Å². The highest BCUT2D eigenvalue weighted by Crippen LogP contribution is 2.27. The van der Waals surface area contributed by atoms with E-state index < -0.39 is 22.5 Å². The van der Waals surface area contributed by atoms with E-state index in [2.05, 4.69) is 10.3 Å². The summed E-state index contributed by atoms with van der Waals surface area (Å²) < 4.78 is 32.4. The van der Waals surface area contributed by atoms with E-state index in [1.165, 1.54) is 12.1 Å². The summed E-state index contributed by atoms with van der Waals surface area (Å²) in [5.41, 5.74) is -0.538. The fourth-order valence-corrected chi connectivity index (χ4v) is 2.29. The van der Waals surface area contributed by atoms with Crippen molar-refractivity contribution in [1.29, 1.82) is 0 Å². The molecule has 1 unspecified atom stereocenters. The second-order valence-corrected chi connectivity index (χ2v) is 6.02. The summed E-state index contributed by atoms with van der Waals surface area (Å²) in [7, 11) is 0. The molecule has 0 radical (unpaired) electrons. The zero-order chi connectivity index (χ0) is 16.3. The number of nitrogens with zero attached hydrogens (tertiary/aromatic N) is 1. The third-order valence-corrected chi connectivity index (χ3v) is 3.98. The molecule has 1 aromatic heterocycles. The molecule has 2 rings (SSSR count). The normalized spacial score (nSPS) is 13.5. The highest BCUT2D eigenvalue weighted by Gasteiger charge is 2.35. The van der Waals surface area contributed by atoms with E-state index in [0.29, 0.717) is 17.8 Å². The van der Waals surface area contributed by atoms with Crippen LogP contribution in [0.2, 0.25) is 0 Å². The number of benzene rings is 1. The van der Waals surface area contributed by atoms with Gasteiger partial charge >= 0.3 is 0 Å². The van der Waals surface area contributed by atoms with Crippen LogP contribution in [0.5, 0.6) is 5.75 Å². The lowest BCUT2D eigenvalue weighted by Crippen LogP contribution is -2.45. The molecule has 1 atom stereocenters. The average Bonchev–Trinajstić information content (AvgIpc) is 2.87. The molecule has 0 aliphatic carbocycles. The largest absolute Gasteiger partial charge is 0.475 e. The van der Waals surface area contributed by atoms with Crippen LogP contribution in [0.25, 0.3) is 0 Å². The van der Waals surface area contributed by atoms with Gasteiger partial charge in [0.25, 0.3) is 5.91 Å². The third kappa shape index (κ3) is 3.59. The minimum Gasteiger partial charge on any atom is -0.475 e. The van der Waals surface area contributed by atoms with Crippen molar-refractivity contribution in [1.82, 2.24) is 4.98 Å². The smallest absolute Gasteiger partial charge is 0.270 e. The molecule has 1 heterocycles. The number of hydrogen-bond donors (Lipinski definition) is 1. The van der Waals surface area contributed by atoms with E-state index >= 15 is 0 Å². The van der Waals surface area contributed by atoms with Gasteiger partial charge in [-0.1, -0.05) is 24.3 Å². The molecule has 0 saturated carbocycles. The maximum atomic E-state index is 13.9.